The van der Waals surface area contributed by atoms with Crippen LogP contribution in [0.5, 0.6) is 0 Å². The van der Waals surface area contributed by atoms with Crippen LogP contribution in [0.4, 0.5) is 0 Å². The molecule has 20 heavy (non-hydrogen) atoms. The largest absolute Gasteiger partial charge is 0.481 e. The summed E-state index contributed by atoms with van der Waals surface area (Å²) in [6, 6.07) is 8.45. The zero-order valence-electron chi connectivity index (χ0n) is 11.1. The van der Waals surface area contributed by atoms with Gasteiger partial charge in [0.25, 0.3) is 0 Å². The van der Waals surface area contributed by atoms with Gasteiger partial charge in [-0.2, -0.15) is 5.26 Å². The molecule has 0 aliphatic rings. The fourth-order valence-electron chi connectivity index (χ4n) is 1.78. The Kier molecular flexibility index (Phi) is 6.19. The van der Waals surface area contributed by atoms with Gasteiger partial charge in [-0.25, -0.2) is 8.42 Å². The van der Waals surface area contributed by atoms with Gasteiger partial charge >= 0.3 is 5.97 Å². The van der Waals surface area contributed by atoms with Crippen LogP contribution < -0.4 is 0 Å². The summed E-state index contributed by atoms with van der Waals surface area (Å²) in [5, 5.41) is 17.1. The minimum absolute atomic E-state index is 0.0440. The Labute approximate surface area is 118 Å². The maximum Gasteiger partial charge on any atom is 0.303 e. The minimum Gasteiger partial charge on any atom is -0.481 e. The van der Waals surface area contributed by atoms with Gasteiger partial charge in [0.15, 0.2) is 9.84 Å². The van der Waals surface area contributed by atoms with Crippen molar-refractivity contribution < 1.29 is 18.3 Å². The molecule has 1 aromatic carbocycles. The monoisotopic (exact) mass is 295 g/mol. The molecule has 0 aliphatic carbocycles. The smallest absolute Gasteiger partial charge is 0.303 e. The number of carboxylic acid groups (broad SMARTS) is 1. The fourth-order valence-corrected chi connectivity index (χ4v) is 3.27. The minimum atomic E-state index is -3.19. The summed E-state index contributed by atoms with van der Waals surface area (Å²) < 4.78 is 23.7. The van der Waals surface area contributed by atoms with Crippen molar-refractivity contribution in [3.63, 3.8) is 0 Å². The number of nitriles is 1. The molecule has 1 rings (SSSR count). The predicted molar refractivity (Wildman–Crippen MR) is 74.8 cm³/mol. The Morgan fingerprint density at radius 2 is 1.80 bits per heavy atom. The molecule has 5 nitrogen and oxygen atoms in total. The average Bonchev–Trinajstić information content (AvgIpc) is 2.38. The second kappa shape index (κ2) is 7.65. The third-order valence-corrected chi connectivity index (χ3v) is 4.50. The van der Waals surface area contributed by atoms with E-state index in [1.807, 2.05) is 6.07 Å². The summed E-state index contributed by atoms with van der Waals surface area (Å²) in [7, 11) is -3.19. The SMILES string of the molecule is N#Cc1ccc(CS(=O)(=O)CCCCCC(=O)O)cc1. The van der Waals surface area contributed by atoms with Gasteiger partial charge in [0, 0.05) is 6.42 Å². The van der Waals surface area contributed by atoms with E-state index in [4.69, 9.17) is 10.4 Å². The van der Waals surface area contributed by atoms with E-state index in [2.05, 4.69) is 0 Å². The first-order chi connectivity index (χ1) is 9.43. The number of benzene rings is 1. The third-order valence-electron chi connectivity index (χ3n) is 2.82. The van der Waals surface area contributed by atoms with Crippen LogP contribution in [-0.4, -0.2) is 25.2 Å². The van der Waals surface area contributed by atoms with E-state index in [-0.39, 0.29) is 17.9 Å². The second-order valence-corrected chi connectivity index (χ2v) is 6.79. The number of nitrogens with zero attached hydrogens (tertiary/aromatic N) is 1. The van der Waals surface area contributed by atoms with Crippen molar-refractivity contribution in [2.75, 3.05) is 5.75 Å². The topological polar surface area (TPSA) is 95.2 Å². The lowest BCUT2D eigenvalue weighted by molar-refractivity contribution is -0.137. The molecule has 0 spiro atoms. The number of hydrogen-bond acceptors (Lipinski definition) is 4. The maximum atomic E-state index is 11.9. The third kappa shape index (κ3) is 6.34. The standard InChI is InChI=1S/C14H17NO4S/c15-10-12-5-7-13(8-6-12)11-20(18,19)9-3-1-2-4-14(16)17/h5-8H,1-4,9,11H2,(H,16,17). The Hall–Kier alpha value is -1.87. The molecule has 0 saturated heterocycles. The van der Waals surface area contributed by atoms with Gasteiger partial charge in [0.1, 0.15) is 0 Å². The van der Waals surface area contributed by atoms with Gasteiger partial charge < -0.3 is 5.11 Å². The van der Waals surface area contributed by atoms with Crippen LogP contribution in [0.15, 0.2) is 24.3 Å². The van der Waals surface area contributed by atoms with Crippen LogP contribution in [0.3, 0.4) is 0 Å². The van der Waals surface area contributed by atoms with Crippen LogP contribution in [-0.2, 0) is 20.4 Å². The van der Waals surface area contributed by atoms with Crippen molar-refractivity contribution >= 4 is 15.8 Å². The van der Waals surface area contributed by atoms with Gasteiger partial charge in [-0.3, -0.25) is 4.79 Å². The molecule has 0 aliphatic heterocycles. The van der Waals surface area contributed by atoms with Gasteiger partial charge in [-0.1, -0.05) is 18.6 Å². The van der Waals surface area contributed by atoms with Gasteiger partial charge in [-0.15, -0.1) is 0 Å². The van der Waals surface area contributed by atoms with E-state index in [1.54, 1.807) is 24.3 Å². The van der Waals surface area contributed by atoms with E-state index in [9.17, 15) is 13.2 Å². The molecule has 0 atom stereocenters. The first-order valence-corrected chi connectivity index (χ1v) is 8.16. The lowest BCUT2D eigenvalue weighted by Gasteiger charge is -2.04. The lowest BCUT2D eigenvalue weighted by atomic mass is 10.2. The highest BCUT2D eigenvalue weighted by Gasteiger charge is 2.11. The summed E-state index contributed by atoms with van der Waals surface area (Å²) >= 11 is 0. The number of carboxylic acids is 1. The highest BCUT2D eigenvalue weighted by molar-refractivity contribution is 7.90. The van der Waals surface area contributed by atoms with Gasteiger partial charge in [-0.05, 0) is 30.5 Å². The van der Waals surface area contributed by atoms with Crippen molar-refractivity contribution in [1.82, 2.24) is 0 Å². The molecule has 0 fully saturated rings. The highest BCUT2D eigenvalue weighted by atomic mass is 32.2. The molecule has 6 heteroatoms. The number of hydrogen-bond donors (Lipinski definition) is 1. The number of unbranched alkanes of at least 4 members (excludes halogenated alkanes) is 2. The Bertz CT molecular complexity index is 585. The summed E-state index contributed by atoms with van der Waals surface area (Å²) in [6.07, 6.45) is 1.65. The Morgan fingerprint density at radius 1 is 1.15 bits per heavy atom. The molecule has 1 aromatic rings. The Morgan fingerprint density at radius 3 is 2.35 bits per heavy atom. The molecule has 0 bridgehead atoms. The van der Waals surface area contributed by atoms with Gasteiger partial charge in [0.05, 0.1) is 23.1 Å². The van der Waals surface area contributed by atoms with Crippen LogP contribution in [0.2, 0.25) is 0 Å². The summed E-state index contributed by atoms with van der Waals surface area (Å²) in [6.45, 7) is 0. The van der Waals surface area contributed by atoms with Crippen LogP contribution in [0.1, 0.15) is 36.8 Å². The molecule has 0 saturated carbocycles. The highest BCUT2D eigenvalue weighted by Crippen LogP contribution is 2.11. The Balaban J connectivity index is 2.41. The molecule has 0 amide bonds. The predicted octanol–water partition coefficient (Wildman–Crippen LogP) is 2.12. The molecule has 108 valence electrons. The van der Waals surface area contributed by atoms with Crippen LogP contribution >= 0.6 is 0 Å². The van der Waals surface area contributed by atoms with Gasteiger partial charge in [0.2, 0.25) is 0 Å². The molecule has 0 unspecified atom stereocenters. The van der Waals surface area contributed by atoms with Crippen molar-refractivity contribution in [2.24, 2.45) is 0 Å². The number of rotatable bonds is 8. The number of sulfone groups is 1. The van der Waals surface area contributed by atoms with E-state index >= 15 is 0 Å². The quantitative estimate of drug-likeness (QED) is 0.741. The van der Waals surface area contributed by atoms with Crippen molar-refractivity contribution in [3.05, 3.63) is 35.4 Å². The van der Waals surface area contributed by atoms with E-state index in [0.717, 1.165) is 0 Å². The summed E-state index contributed by atoms with van der Waals surface area (Å²) in [5.41, 5.74) is 1.16. The zero-order chi connectivity index (χ0) is 15.0. The molecule has 0 radical (unpaired) electrons. The normalized spacial score (nSPS) is 10.9. The lowest BCUT2D eigenvalue weighted by Crippen LogP contribution is -2.09. The maximum absolute atomic E-state index is 11.9. The van der Waals surface area contributed by atoms with Crippen molar-refractivity contribution in [1.29, 1.82) is 5.26 Å². The summed E-state index contributed by atoms with van der Waals surface area (Å²) in [5.74, 6) is -0.838. The number of aliphatic carboxylic acids is 1. The fraction of sp³-hybridized carbons (Fsp3) is 0.429. The molecular weight excluding hydrogens is 278 g/mol. The molecule has 0 heterocycles. The van der Waals surface area contributed by atoms with Crippen LogP contribution in [0.25, 0.3) is 0 Å². The first kappa shape index (κ1) is 16.2. The average molecular weight is 295 g/mol. The van der Waals surface area contributed by atoms with Crippen LogP contribution in [0, 0.1) is 11.3 Å². The molecule has 0 aromatic heterocycles. The molecular formula is C14H17NO4S. The second-order valence-electron chi connectivity index (χ2n) is 4.61. The van der Waals surface area contributed by atoms with E-state index in [0.29, 0.717) is 30.4 Å². The first-order valence-electron chi connectivity index (χ1n) is 6.34. The zero-order valence-corrected chi connectivity index (χ0v) is 11.9. The van der Waals surface area contributed by atoms with E-state index in [1.165, 1.54) is 0 Å². The van der Waals surface area contributed by atoms with Crippen molar-refractivity contribution in [3.8, 4) is 6.07 Å². The van der Waals surface area contributed by atoms with Crippen molar-refractivity contribution in [2.45, 2.75) is 31.4 Å². The van der Waals surface area contributed by atoms with E-state index < -0.39 is 15.8 Å². The molecule has 1 N–H and O–H groups in total. The summed E-state index contributed by atoms with van der Waals surface area (Å²) in [4.78, 5) is 10.3. The number of carbonyl (C=O) groups is 1.